The van der Waals surface area contributed by atoms with Crippen molar-refractivity contribution >= 4 is 17.4 Å². The van der Waals surface area contributed by atoms with E-state index in [9.17, 15) is 19.7 Å². The number of nitrogens with zero attached hydrogens (tertiary/aromatic N) is 2. The first-order valence-corrected chi connectivity index (χ1v) is 9.22. The molecule has 0 saturated carbocycles. The largest absolute Gasteiger partial charge is 0.493 e. The summed E-state index contributed by atoms with van der Waals surface area (Å²) in [5, 5.41) is 11.4. The fourth-order valence-electron chi connectivity index (χ4n) is 3.07. The zero-order valence-corrected chi connectivity index (χ0v) is 17.4. The SMILES string of the molecule is C=CCn1c(C)cc(C(=O)COC(=O)c2cc(OC)c(OCC)cc2[N+](=O)[O-])c1C. The summed E-state index contributed by atoms with van der Waals surface area (Å²) in [6.45, 7) is 9.30. The summed E-state index contributed by atoms with van der Waals surface area (Å²) < 4.78 is 17.4. The van der Waals surface area contributed by atoms with E-state index in [-0.39, 0.29) is 23.7 Å². The van der Waals surface area contributed by atoms with Gasteiger partial charge in [0, 0.05) is 29.6 Å². The fraction of sp³-hybridized carbons (Fsp3) is 0.333. The molecule has 0 fully saturated rings. The van der Waals surface area contributed by atoms with Crippen LogP contribution in [-0.2, 0) is 11.3 Å². The van der Waals surface area contributed by atoms with Gasteiger partial charge in [-0.2, -0.15) is 0 Å². The molecule has 0 amide bonds. The van der Waals surface area contributed by atoms with E-state index in [0.717, 1.165) is 17.5 Å². The normalized spacial score (nSPS) is 10.4. The second kappa shape index (κ2) is 9.73. The van der Waals surface area contributed by atoms with E-state index in [4.69, 9.17) is 14.2 Å². The zero-order chi connectivity index (χ0) is 22.4. The molecular weight excluding hydrogens is 392 g/mol. The van der Waals surface area contributed by atoms with Crippen LogP contribution in [0.2, 0.25) is 0 Å². The number of ether oxygens (including phenoxy) is 3. The second-order valence-corrected chi connectivity index (χ2v) is 6.39. The summed E-state index contributed by atoms with van der Waals surface area (Å²) >= 11 is 0. The monoisotopic (exact) mass is 416 g/mol. The fourth-order valence-corrected chi connectivity index (χ4v) is 3.07. The minimum Gasteiger partial charge on any atom is -0.493 e. The summed E-state index contributed by atoms with van der Waals surface area (Å²) in [5.74, 6) is -1.13. The van der Waals surface area contributed by atoms with Gasteiger partial charge in [0.1, 0.15) is 5.56 Å². The molecule has 1 aromatic carbocycles. The number of hydrogen-bond donors (Lipinski definition) is 0. The third-order valence-electron chi connectivity index (χ3n) is 4.52. The Morgan fingerprint density at radius 1 is 1.20 bits per heavy atom. The molecule has 1 heterocycles. The van der Waals surface area contributed by atoms with E-state index >= 15 is 0 Å². The number of benzene rings is 1. The lowest BCUT2D eigenvalue weighted by Gasteiger charge is -2.11. The molecule has 9 nitrogen and oxygen atoms in total. The standard InChI is InChI=1S/C21H24N2O7/c1-6-8-22-13(3)9-15(14(22)4)18(24)12-30-21(25)16-10-19(28-5)20(29-7-2)11-17(16)23(26)27/h6,9-11H,1,7-8,12H2,2-5H3. The van der Waals surface area contributed by atoms with Crippen molar-refractivity contribution in [2.24, 2.45) is 0 Å². The van der Waals surface area contributed by atoms with Crippen molar-refractivity contribution in [1.29, 1.82) is 0 Å². The van der Waals surface area contributed by atoms with Crippen LogP contribution in [0, 0.1) is 24.0 Å². The number of hydrogen-bond acceptors (Lipinski definition) is 7. The molecular formula is C21H24N2O7. The van der Waals surface area contributed by atoms with Crippen molar-refractivity contribution in [3.05, 3.63) is 63.5 Å². The summed E-state index contributed by atoms with van der Waals surface area (Å²) in [6, 6.07) is 3.98. The van der Waals surface area contributed by atoms with Gasteiger partial charge in [0.05, 0.1) is 24.7 Å². The Hall–Kier alpha value is -3.62. The van der Waals surface area contributed by atoms with Gasteiger partial charge in [-0.25, -0.2) is 4.79 Å². The van der Waals surface area contributed by atoms with E-state index in [0.29, 0.717) is 12.1 Å². The highest BCUT2D eigenvalue weighted by molar-refractivity contribution is 6.01. The molecule has 0 N–H and O–H groups in total. The first-order valence-electron chi connectivity index (χ1n) is 9.22. The predicted octanol–water partition coefficient (Wildman–Crippen LogP) is 3.65. The van der Waals surface area contributed by atoms with E-state index in [1.807, 2.05) is 11.5 Å². The zero-order valence-electron chi connectivity index (χ0n) is 17.4. The van der Waals surface area contributed by atoms with Crippen LogP contribution in [0.4, 0.5) is 5.69 Å². The molecule has 0 bridgehead atoms. The van der Waals surface area contributed by atoms with Crippen molar-refractivity contribution in [3.63, 3.8) is 0 Å². The minimum atomic E-state index is -1.00. The maximum atomic E-state index is 12.6. The van der Waals surface area contributed by atoms with E-state index < -0.39 is 29.0 Å². The average molecular weight is 416 g/mol. The number of carbonyl (C=O) groups excluding carboxylic acids is 2. The third-order valence-corrected chi connectivity index (χ3v) is 4.52. The van der Waals surface area contributed by atoms with E-state index in [2.05, 4.69) is 6.58 Å². The highest BCUT2D eigenvalue weighted by atomic mass is 16.6. The topological polar surface area (TPSA) is 110 Å². The van der Waals surface area contributed by atoms with Gasteiger partial charge in [0.15, 0.2) is 18.1 Å². The van der Waals surface area contributed by atoms with Gasteiger partial charge in [0.2, 0.25) is 5.78 Å². The van der Waals surface area contributed by atoms with Gasteiger partial charge in [-0.3, -0.25) is 14.9 Å². The molecule has 0 saturated heterocycles. The minimum absolute atomic E-state index is 0.133. The molecule has 160 valence electrons. The molecule has 9 heteroatoms. The first-order chi connectivity index (χ1) is 14.2. The summed E-state index contributed by atoms with van der Waals surface area (Å²) in [4.78, 5) is 35.8. The molecule has 0 radical (unpaired) electrons. The Balaban J connectivity index is 2.26. The van der Waals surface area contributed by atoms with Gasteiger partial charge in [-0.05, 0) is 26.8 Å². The Bertz CT molecular complexity index is 992. The quantitative estimate of drug-likeness (QED) is 0.191. The molecule has 1 aromatic heterocycles. The van der Waals surface area contributed by atoms with Gasteiger partial charge >= 0.3 is 5.97 Å². The Labute approximate surface area is 174 Å². The van der Waals surface area contributed by atoms with E-state index in [1.54, 1.807) is 26.0 Å². The lowest BCUT2D eigenvalue weighted by molar-refractivity contribution is -0.385. The van der Waals surface area contributed by atoms with Crippen LogP contribution in [-0.4, -0.2) is 41.6 Å². The van der Waals surface area contributed by atoms with E-state index in [1.165, 1.54) is 13.2 Å². The maximum absolute atomic E-state index is 12.6. The first kappa shape index (κ1) is 22.7. The molecule has 0 aliphatic heterocycles. The van der Waals surface area contributed by atoms with Gasteiger partial charge in [0.25, 0.3) is 5.69 Å². The number of esters is 1. The van der Waals surface area contributed by atoms with Crippen molar-refractivity contribution in [3.8, 4) is 11.5 Å². The van der Waals surface area contributed by atoms with Gasteiger partial charge in [-0.15, -0.1) is 6.58 Å². The van der Waals surface area contributed by atoms with Crippen LogP contribution >= 0.6 is 0 Å². The van der Waals surface area contributed by atoms with Crippen molar-refractivity contribution in [2.75, 3.05) is 20.3 Å². The predicted molar refractivity (Wildman–Crippen MR) is 110 cm³/mol. The number of Topliss-reactive ketones (excluding diaryl/α,β-unsaturated/α-hetero) is 1. The molecule has 0 aliphatic carbocycles. The molecule has 2 rings (SSSR count). The van der Waals surface area contributed by atoms with Crippen LogP contribution in [0.5, 0.6) is 11.5 Å². The lowest BCUT2D eigenvalue weighted by atomic mass is 10.1. The molecule has 30 heavy (non-hydrogen) atoms. The molecule has 0 spiro atoms. The molecule has 0 atom stereocenters. The average Bonchev–Trinajstić information content (AvgIpc) is 3.00. The van der Waals surface area contributed by atoms with Crippen LogP contribution in [0.15, 0.2) is 30.9 Å². The van der Waals surface area contributed by atoms with Crippen LogP contribution in [0.1, 0.15) is 39.0 Å². The van der Waals surface area contributed by atoms with Gasteiger partial charge < -0.3 is 18.8 Å². The molecule has 0 unspecified atom stereocenters. The number of ketones is 1. The van der Waals surface area contributed by atoms with Crippen molar-refractivity contribution in [2.45, 2.75) is 27.3 Å². The Morgan fingerprint density at radius 2 is 1.90 bits per heavy atom. The van der Waals surface area contributed by atoms with Gasteiger partial charge in [-0.1, -0.05) is 6.08 Å². The number of allylic oxidation sites excluding steroid dienone is 1. The number of aromatic nitrogens is 1. The van der Waals surface area contributed by atoms with Crippen molar-refractivity contribution < 1.29 is 28.7 Å². The highest BCUT2D eigenvalue weighted by Gasteiger charge is 2.27. The number of carbonyl (C=O) groups is 2. The highest BCUT2D eigenvalue weighted by Crippen LogP contribution is 2.35. The number of nitro benzene ring substituents is 1. The number of methoxy groups -OCH3 is 1. The van der Waals surface area contributed by atoms with Crippen LogP contribution in [0.25, 0.3) is 0 Å². The number of aryl methyl sites for hydroxylation is 1. The van der Waals surface area contributed by atoms with Crippen LogP contribution < -0.4 is 9.47 Å². The smallest absolute Gasteiger partial charge is 0.345 e. The number of nitro groups is 1. The summed E-state index contributed by atoms with van der Waals surface area (Å²) in [7, 11) is 1.35. The Morgan fingerprint density at radius 3 is 2.47 bits per heavy atom. The van der Waals surface area contributed by atoms with Crippen LogP contribution in [0.3, 0.4) is 0 Å². The Kier molecular flexibility index (Phi) is 7.35. The summed E-state index contributed by atoms with van der Waals surface area (Å²) in [5.41, 5.74) is 1.18. The third kappa shape index (κ3) is 4.68. The molecule has 0 aliphatic rings. The number of rotatable bonds is 10. The lowest BCUT2D eigenvalue weighted by Crippen LogP contribution is -2.16. The summed E-state index contributed by atoms with van der Waals surface area (Å²) in [6.07, 6.45) is 1.71. The van der Waals surface area contributed by atoms with Crippen molar-refractivity contribution in [1.82, 2.24) is 4.57 Å². The second-order valence-electron chi connectivity index (χ2n) is 6.39. The molecule has 2 aromatic rings. The maximum Gasteiger partial charge on any atom is 0.345 e.